The molecule has 1 amide bonds. The summed E-state index contributed by atoms with van der Waals surface area (Å²) in [5, 5.41) is 11.4. The molecule has 0 heterocycles. The third-order valence-corrected chi connectivity index (χ3v) is 3.27. The van der Waals surface area contributed by atoms with Crippen LogP contribution in [-0.4, -0.2) is 29.6 Å². The van der Waals surface area contributed by atoms with Crippen molar-refractivity contribution in [3.8, 4) is 0 Å². The van der Waals surface area contributed by atoms with Crippen molar-refractivity contribution >= 4 is 23.5 Å². The van der Waals surface area contributed by atoms with Crippen LogP contribution in [0.15, 0.2) is 24.3 Å². The van der Waals surface area contributed by atoms with Gasteiger partial charge in [0.2, 0.25) is 5.91 Å². The van der Waals surface area contributed by atoms with Crippen molar-refractivity contribution in [1.29, 1.82) is 0 Å². The van der Waals surface area contributed by atoms with Crippen LogP contribution < -0.4 is 5.32 Å². The smallest absolute Gasteiger partial charge is 0.338 e. The fraction of sp³-hybridized carbons (Fsp3) is 0.400. The Kier molecular flexibility index (Phi) is 4.57. The Morgan fingerprint density at radius 2 is 1.90 bits per heavy atom. The number of hydrogen-bond acceptors (Lipinski definition) is 4. The number of carbonyl (C=O) groups excluding carboxylic acids is 2. The number of anilines is 1. The highest BCUT2D eigenvalue weighted by Gasteiger charge is 2.48. The van der Waals surface area contributed by atoms with Gasteiger partial charge in [-0.3, -0.25) is 9.59 Å². The van der Waals surface area contributed by atoms with E-state index in [-0.39, 0.29) is 5.91 Å². The Morgan fingerprint density at radius 1 is 1.24 bits per heavy atom. The monoisotopic (exact) mass is 291 g/mol. The number of ether oxygens (including phenoxy) is 1. The predicted molar refractivity (Wildman–Crippen MR) is 74.9 cm³/mol. The summed E-state index contributed by atoms with van der Waals surface area (Å²) in [7, 11) is 0. The molecule has 21 heavy (non-hydrogen) atoms. The van der Waals surface area contributed by atoms with E-state index in [1.165, 1.54) is 0 Å². The van der Waals surface area contributed by atoms with Crippen molar-refractivity contribution in [2.75, 3.05) is 11.9 Å². The molecule has 0 radical (unpaired) electrons. The van der Waals surface area contributed by atoms with Gasteiger partial charge >= 0.3 is 11.9 Å². The van der Waals surface area contributed by atoms with Gasteiger partial charge in [-0.2, -0.15) is 0 Å². The van der Waals surface area contributed by atoms with E-state index in [4.69, 9.17) is 9.84 Å². The Balaban J connectivity index is 1.89. The molecule has 112 valence electrons. The molecule has 0 spiro atoms. The minimum atomic E-state index is -0.941. The molecule has 0 aliphatic heterocycles. The van der Waals surface area contributed by atoms with E-state index in [2.05, 4.69) is 5.32 Å². The molecule has 1 aromatic carbocycles. The summed E-state index contributed by atoms with van der Waals surface area (Å²) in [5.41, 5.74) is 0.944. The van der Waals surface area contributed by atoms with Gasteiger partial charge < -0.3 is 15.2 Å². The zero-order valence-electron chi connectivity index (χ0n) is 11.7. The number of amides is 1. The van der Waals surface area contributed by atoms with Crippen molar-refractivity contribution in [2.24, 2.45) is 11.8 Å². The van der Waals surface area contributed by atoms with Gasteiger partial charge in [-0.15, -0.1) is 0 Å². The molecule has 1 fully saturated rings. The highest BCUT2D eigenvalue weighted by atomic mass is 16.5. The summed E-state index contributed by atoms with van der Waals surface area (Å²) in [6.07, 6.45) is 1.13. The second-order valence-corrected chi connectivity index (χ2v) is 4.99. The van der Waals surface area contributed by atoms with Gasteiger partial charge in [0.05, 0.1) is 24.0 Å². The number of rotatable bonds is 6. The molecule has 1 saturated carbocycles. The molecule has 1 aliphatic carbocycles. The molecule has 6 nitrogen and oxygen atoms in total. The van der Waals surface area contributed by atoms with Gasteiger partial charge in [-0.1, -0.05) is 6.92 Å². The maximum atomic E-state index is 11.8. The maximum Gasteiger partial charge on any atom is 0.338 e. The van der Waals surface area contributed by atoms with Crippen molar-refractivity contribution in [1.82, 2.24) is 0 Å². The van der Waals surface area contributed by atoms with Crippen LogP contribution in [0.4, 0.5) is 5.69 Å². The third kappa shape index (κ3) is 3.81. The molecule has 6 heteroatoms. The summed E-state index contributed by atoms with van der Waals surface area (Å²) in [6.45, 7) is 2.28. The topological polar surface area (TPSA) is 92.7 Å². The average Bonchev–Trinajstić information content (AvgIpc) is 3.26. The van der Waals surface area contributed by atoms with Crippen LogP contribution in [0.25, 0.3) is 0 Å². The molecule has 0 aromatic heterocycles. The fourth-order valence-corrected chi connectivity index (χ4v) is 1.96. The van der Waals surface area contributed by atoms with Crippen molar-refractivity contribution < 1.29 is 24.2 Å². The minimum absolute atomic E-state index is 0.302. The molecule has 2 N–H and O–H groups in total. The van der Waals surface area contributed by atoms with Crippen molar-refractivity contribution in [3.05, 3.63) is 29.8 Å². The summed E-state index contributed by atoms with van der Waals surface area (Å²) in [4.78, 5) is 34.1. The number of carbonyl (C=O) groups is 3. The molecule has 1 aliphatic rings. The maximum absolute atomic E-state index is 11.8. The van der Waals surface area contributed by atoms with E-state index in [1.807, 2.05) is 6.92 Å². The second-order valence-electron chi connectivity index (χ2n) is 4.99. The minimum Gasteiger partial charge on any atom is -0.481 e. The summed E-state index contributed by atoms with van der Waals surface area (Å²) < 4.78 is 5.00. The first-order valence-corrected chi connectivity index (χ1v) is 6.83. The first-order chi connectivity index (χ1) is 10.0. The SMILES string of the molecule is CCCOC(=O)c1ccc(NC(=O)[C@@H]2C[C@@H]2C(=O)O)cc1. The molecular formula is C15H17NO5. The predicted octanol–water partition coefficient (Wildman–Crippen LogP) is 1.91. The lowest BCUT2D eigenvalue weighted by Gasteiger charge is -2.06. The molecular weight excluding hydrogens is 274 g/mol. The lowest BCUT2D eigenvalue weighted by molar-refractivity contribution is -0.139. The zero-order chi connectivity index (χ0) is 15.4. The molecule has 2 atom stereocenters. The van der Waals surface area contributed by atoms with Crippen molar-refractivity contribution in [2.45, 2.75) is 19.8 Å². The largest absolute Gasteiger partial charge is 0.481 e. The molecule has 1 aromatic rings. The van der Waals surface area contributed by atoms with E-state index in [1.54, 1.807) is 24.3 Å². The molecule has 0 unspecified atom stereocenters. The Labute approximate surface area is 122 Å². The highest BCUT2D eigenvalue weighted by molar-refractivity contribution is 5.98. The third-order valence-electron chi connectivity index (χ3n) is 3.27. The summed E-state index contributed by atoms with van der Waals surface area (Å²) in [5.74, 6) is -2.68. The van der Waals surface area contributed by atoms with Gasteiger partial charge in [0.1, 0.15) is 0 Å². The van der Waals surface area contributed by atoms with Crippen LogP contribution in [0, 0.1) is 11.8 Å². The summed E-state index contributed by atoms with van der Waals surface area (Å²) in [6, 6.07) is 6.32. The van der Waals surface area contributed by atoms with E-state index in [9.17, 15) is 14.4 Å². The number of carboxylic acid groups (broad SMARTS) is 1. The Hall–Kier alpha value is -2.37. The first kappa shape index (κ1) is 15.0. The number of benzene rings is 1. The van der Waals surface area contributed by atoms with E-state index < -0.39 is 23.8 Å². The average molecular weight is 291 g/mol. The molecule has 0 bridgehead atoms. The second kappa shape index (κ2) is 6.39. The van der Waals surface area contributed by atoms with Crippen LogP contribution in [0.5, 0.6) is 0 Å². The van der Waals surface area contributed by atoms with Gasteiger partial charge in [-0.25, -0.2) is 4.79 Å². The van der Waals surface area contributed by atoms with Crippen molar-refractivity contribution in [3.63, 3.8) is 0 Å². The van der Waals surface area contributed by atoms with Gasteiger partial charge in [0.15, 0.2) is 0 Å². The van der Waals surface area contributed by atoms with Crippen LogP contribution >= 0.6 is 0 Å². The van der Waals surface area contributed by atoms with Crippen LogP contribution in [0.3, 0.4) is 0 Å². The standard InChI is InChI=1S/C15H17NO5/c1-2-7-21-15(20)9-3-5-10(6-4-9)16-13(17)11-8-12(11)14(18)19/h3-6,11-12H,2,7-8H2,1H3,(H,16,17)(H,18,19)/t11-,12+/m1/s1. The molecule has 0 saturated heterocycles. The normalized spacial score (nSPS) is 19.7. The van der Waals surface area contributed by atoms with E-state index >= 15 is 0 Å². The fourth-order valence-electron chi connectivity index (χ4n) is 1.96. The number of aliphatic carboxylic acids is 1. The van der Waals surface area contributed by atoms with E-state index in [0.717, 1.165) is 6.42 Å². The van der Waals surface area contributed by atoms with Gasteiger partial charge in [-0.05, 0) is 37.1 Å². The van der Waals surface area contributed by atoms with Gasteiger partial charge in [0, 0.05) is 5.69 Å². The quantitative estimate of drug-likeness (QED) is 0.781. The number of hydrogen-bond donors (Lipinski definition) is 2. The Morgan fingerprint density at radius 3 is 2.43 bits per heavy atom. The van der Waals surface area contributed by atoms with Gasteiger partial charge in [0.25, 0.3) is 0 Å². The lowest BCUT2D eigenvalue weighted by Crippen LogP contribution is -2.16. The van der Waals surface area contributed by atoms with Crippen LogP contribution in [-0.2, 0) is 14.3 Å². The summed E-state index contributed by atoms with van der Waals surface area (Å²) >= 11 is 0. The van der Waals surface area contributed by atoms with Crippen LogP contribution in [0.2, 0.25) is 0 Å². The molecule has 2 rings (SSSR count). The number of carboxylic acids is 1. The lowest BCUT2D eigenvalue weighted by atomic mass is 10.2. The zero-order valence-corrected chi connectivity index (χ0v) is 11.7. The Bertz CT molecular complexity index is 552. The van der Waals surface area contributed by atoms with E-state index in [0.29, 0.717) is 24.3 Å². The van der Waals surface area contributed by atoms with Crippen LogP contribution in [0.1, 0.15) is 30.1 Å². The highest BCUT2D eigenvalue weighted by Crippen LogP contribution is 2.39. The number of esters is 1. The first-order valence-electron chi connectivity index (χ1n) is 6.83. The number of nitrogens with one attached hydrogen (secondary N) is 1.